The molecule has 0 atom stereocenters. The molecule has 1 aromatic heterocycles. The van der Waals surface area contributed by atoms with E-state index in [0.717, 1.165) is 81.2 Å². The quantitative estimate of drug-likeness (QED) is 0.107. The highest BCUT2D eigenvalue weighted by Crippen LogP contribution is 2.58. The van der Waals surface area contributed by atoms with Crippen molar-refractivity contribution >= 4 is 69.5 Å². The number of thiophene rings is 1. The maximum atomic E-state index is 14.1. The van der Waals surface area contributed by atoms with Gasteiger partial charge in [-0.1, -0.05) is 176 Å². The largest absolute Gasteiger partial charge is 0.534 e. The molecule has 334 valence electrons. The van der Waals surface area contributed by atoms with Crippen LogP contribution in [0.2, 0.25) is 0 Å². The molecule has 69 heavy (non-hydrogen) atoms. The summed E-state index contributed by atoms with van der Waals surface area (Å²) in [5, 5.41) is 3.53. The van der Waals surface area contributed by atoms with Gasteiger partial charge in [-0.15, -0.1) is 11.3 Å². The van der Waals surface area contributed by atoms with Crippen LogP contribution in [0.4, 0.5) is 30.2 Å². The molecule has 0 unspecified atom stereocenters. The Hall–Kier alpha value is -7.98. The number of hydrogen-bond acceptors (Lipinski definition) is 5. The zero-order valence-corrected chi connectivity index (χ0v) is 38.2. The Labute approximate surface area is 400 Å². The van der Waals surface area contributed by atoms with Crippen molar-refractivity contribution in [1.82, 2.24) is 0 Å². The van der Waals surface area contributed by atoms with Gasteiger partial charge in [0, 0.05) is 32.9 Å². The molecule has 1 aliphatic rings. The van der Waals surface area contributed by atoms with Gasteiger partial charge in [-0.05, 0) is 115 Å². The normalized spacial score (nSPS) is 13.1. The van der Waals surface area contributed by atoms with Crippen LogP contribution < -0.4 is 9.08 Å². The topological polar surface area (TPSA) is 46.6 Å². The van der Waals surface area contributed by atoms with Gasteiger partial charge in [0.2, 0.25) is 0 Å². The van der Waals surface area contributed by atoms with E-state index in [9.17, 15) is 21.6 Å². The summed E-state index contributed by atoms with van der Waals surface area (Å²) in [6.45, 7) is 0. The van der Waals surface area contributed by atoms with Crippen LogP contribution in [0.5, 0.6) is 5.75 Å². The third kappa shape index (κ3) is 6.99. The summed E-state index contributed by atoms with van der Waals surface area (Å²) in [4.78, 5) is 1.93. The summed E-state index contributed by atoms with van der Waals surface area (Å²) < 4.78 is 74.4. The van der Waals surface area contributed by atoms with Gasteiger partial charge in [0.25, 0.3) is 0 Å². The average Bonchev–Trinajstić information content (AvgIpc) is 3.90. The van der Waals surface area contributed by atoms with E-state index in [1.54, 1.807) is 0 Å². The van der Waals surface area contributed by atoms with Crippen molar-refractivity contribution in [1.29, 1.82) is 0 Å². The van der Waals surface area contributed by atoms with Crippen molar-refractivity contribution in [2.24, 2.45) is 0 Å². The lowest BCUT2D eigenvalue weighted by Gasteiger charge is -2.34. The fraction of sp³-hybridized carbons (Fsp3) is 0.0333. The van der Waals surface area contributed by atoms with E-state index in [2.05, 4.69) is 133 Å². The van der Waals surface area contributed by atoms with E-state index >= 15 is 0 Å². The Kier molecular flexibility index (Phi) is 10.1. The monoisotopic (exact) mass is 941 g/mol. The summed E-state index contributed by atoms with van der Waals surface area (Å²) >= 11 is 1.48. The molecule has 0 bridgehead atoms. The highest BCUT2D eigenvalue weighted by atomic mass is 32.2. The molecule has 0 spiro atoms. The predicted octanol–water partition coefficient (Wildman–Crippen LogP) is 16.6. The summed E-state index contributed by atoms with van der Waals surface area (Å²) in [5.74, 6) is -0.460. The number of para-hydroxylation sites is 1. The minimum absolute atomic E-state index is 0.456. The fourth-order valence-corrected chi connectivity index (χ4v) is 11.9. The smallest absolute Gasteiger partial charge is 0.376 e. The molecule has 0 N–H and O–H groups in total. The molecule has 10 aromatic carbocycles. The summed E-state index contributed by atoms with van der Waals surface area (Å²) in [7, 11) is -6.04. The van der Waals surface area contributed by atoms with E-state index in [0.29, 0.717) is 22.4 Å². The lowest BCUT2D eigenvalue weighted by Crippen LogP contribution is -2.28. The van der Waals surface area contributed by atoms with Crippen LogP contribution in [0.1, 0.15) is 22.3 Å². The minimum atomic E-state index is -6.04. The van der Waals surface area contributed by atoms with E-state index in [-0.39, 0.29) is 0 Å². The second-order valence-corrected chi connectivity index (χ2v) is 19.7. The van der Waals surface area contributed by atoms with Crippen LogP contribution in [0, 0.1) is 0 Å². The molecule has 0 amide bonds. The highest BCUT2D eigenvalue weighted by Gasteiger charge is 2.49. The molecule has 0 aliphatic heterocycles. The lowest BCUT2D eigenvalue weighted by atomic mass is 9.67. The molecule has 12 rings (SSSR count). The molecular weight excluding hydrogens is 904 g/mol. The molecule has 0 saturated heterocycles. The number of hydrogen-bond donors (Lipinski definition) is 0. The van der Waals surface area contributed by atoms with Crippen LogP contribution in [0.25, 0.3) is 64.3 Å². The molecular formula is C60H38F3NO3S2. The summed E-state index contributed by atoms with van der Waals surface area (Å²) in [6.07, 6.45) is 0. The first-order chi connectivity index (χ1) is 33.6. The van der Waals surface area contributed by atoms with Crippen molar-refractivity contribution in [2.45, 2.75) is 10.9 Å². The fourth-order valence-electron chi connectivity index (χ4n) is 10.3. The molecule has 0 saturated carbocycles. The maximum absolute atomic E-state index is 14.1. The van der Waals surface area contributed by atoms with E-state index < -0.39 is 26.8 Å². The van der Waals surface area contributed by atoms with Gasteiger partial charge in [0.05, 0.1) is 15.8 Å². The highest BCUT2D eigenvalue weighted by molar-refractivity contribution is 7.88. The Morgan fingerprint density at radius 1 is 0.478 bits per heavy atom. The van der Waals surface area contributed by atoms with Crippen molar-refractivity contribution in [2.75, 3.05) is 4.90 Å². The Balaban J connectivity index is 1.06. The second kappa shape index (κ2) is 16.4. The number of fused-ring (bicyclic) bond motifs is 7. The van der Waals surface area contributed by atoms with E-state index in [1.165, 1.54) is 23.5 Å². The van der Waals surface area contributed by atoms with Crippen LogP contribution in [-0.4, -0.2) is 13.9 Å². The molecule has 1 heterocycles. The van der Waals surface area contributed by atoms with Crippen LogP contribution in [0.3, 0.4) is 0 Å². The molecule has 11 aromatic rings. The van der Waals surface area contributed by atoms with Gasteiger partial charge in [0.1, 0.15) is 5.75 Å². The molecule has 4 nitrogen and oxygen atoms in total. The van der Waals surface area contributed by atoms with Gasteiger partial charge >= 0.3 is 15.6 Å². The number of benzene rings is 10. The first kappa shape index (κ1) is 42.4. The molecule has 0 fully saturated rings. The van der Waals surface area contributed by atoms with Gasteiger partial charge < -0.3 is 9.08 Å². The van der Waals surface area contributed by atoms with Gasteiger partial charge in [-0.2, -0.15) is 21.6 Å². The molecule has 0 radical (unpaired) electrons. The Morgan fingerprint density at radius 2 is 1.06 bits per heavy atom. The number of anilines is 3. The predicted molar refractivity (Wildman–Crippen MR) is 275 cm³/mol. The van der Waals surface area contributed by atoms with Crippen LogP contribution in [0.15, 0.2) is 231 Å². The zero-order valence-electron chi connectivity index (χ0n) is 36.6. The Bertz CT molecular complexity index is 3840. The minimum Gasteiger partial charge on any atom is -0.376 e. The standard InChI is InChI=1S/C60H38F3NO3S2/c61-60(62,63)69(65,66)67-48-37-52-51-36-43(49-24-14-26-54-57(49)50-23-12-13-25-53(50)59(54,44-17-4-1-5-18-44)45-19-6-2-7-20-45)31-34-56(51)68-58(52)55(38-48)64(46-21-8-3-9-22-46)47-32-29-40(30-33-47)42-28-27-39-15-10-11-16-41(39)35-42/h1-38H. The average molecular weight is 942 g/mol. The molecule has 9 heteroatoms. The van der Waals surface area contributed by atoms with Gasteiger partial charge in [-0.25, -0.2) is 0 Å². The zero-order chi connectivity index (χ0) is 46.9. The second-order valence-electron chi connectivity index (χ2n) is 17.2. The Morgan fingerprint density at radius 3 is 1.77 bits per heavy atom. The number of rotatable bonds is 9. The third-order valence-corrected chi connectivity index (χ3v) is 15.5. The first-order valence-electron chi connectivity index (χ1n) is 22.4. The molecule has 1 aliphatic carbocycles. The van der Waals surface area contributed by atoms with Crippen molar-refractivity contribution < 1.29 is 25.8 Å². The number of halogens is 3. The van der Waals surface area contributed by atoms with Gasteiger partial charge in [-0.3, -0.25) is 0 Å². The van der Waals surface area contributed by atoms with Crippen molar-refractivity contribution in [3.63, 3.8) is 0 Å². The first-order valence-corrected chi connectivity index (χ1v) is 24.6. The van der Waals surface area contributed by atoms with Crippen LogP contribution >= 0.6 is 11.3 Å². The summed E-state index contributed by atoms with van der Waals surface area (Å²) in [5.41, 5.74) is 6.25. The maximum Gasteiger partial charge on any atom is 0.534 e. The van der Waals surface area contributed by atoms with Gasteiger partial charge in [0.15, 0.2) is 0 Å². The van der Waals surface area contributed by atoms with E-state index in [4.69, 9.17) is 4.18 Å². The third-order valence-electron chi connectivity index (χ3n) is 13.3. The SMILES string of the molecule is O=S(=O)(Oc1cc(N(c2ccccc2)c2ccc(-c3ccc4ccccc4c3)cc2)c2sc3ccc(-c4cccc5c4-c4ccccc4C5(c4ccccc4)c4ccccc4)cc3c2c1)C(F)(F)F. The number of alkyl halides is 3. The van der Waals surface area contributed by atoms with E-state index in [1.807, 2.05) is 89.8 Å². The summed E-state index contributed by atoms with van der Waals surface area (Å²) in [6, 6.07) is 77.0. The lowest BCUT2D eigenvalue weighted by molar-refractivity contribution is -0.0500. The van der Waals surface area contributed by atoms with Crippen molar-refractivity contribution in [3.8, 4) is 39.1 Å². The number of nitrogens with zero attached hydrogens (tertiary/aromatic N) is 1. The van der Waals surface area contributed by atoms with Crippen LogP contribution in [-0.2, 0) is 15.5 Å². The van der Waals surface area contributed by atoms with Crippen molar-refractivity contribution in [3.05, 3.63) is 253 Å².